The van der Waals surface area contributed by atoms with Gasteiger partial charge < -0.3 is 19.3 Å². The molecule has 4 rings (SSSR count). The van der Waals surface area contributed by atoms with Crippen LogP contribution >= 0.6 is 0 Å². The van der Waals surface area contributed by atoms with Crippen LogP contribution < -0.4 is 20.3 Å². The van der Waals surface area contributed by atoms with Crippen molar-refractivity contribution in [2.24, 2.45) is 4.99 Å². The van der Waals surface area contributed by atoms with E-state index in [-0.39, 0.29) is 5.56 Å². The number of methoxy groups -OCH3 is 2. The standard InChI is InChI=1S/C20H26N6O3/c1-13-11-17(27)26-18(14-5-6-15(28-3)16(12-14)29-4)22-19(23-20(26)21-13)25-9-7-24(2)8-10-25/h5-6,11-12,18H,7-10H2,1-4H3,(H,21,22,23). The molecule has 0 radical (unpaired) electrons. The van der Waals surface area contributed by atoms with E-state index in [1.54, 1.807) is 18.8 Å². The number of hydrogen-bond donors (Lipinski definition) is 1. The predicted molar refractivity (Wildman–Crippen MR) is 111 cm³/mol. The molecule has 0 saturated carbocycles. The average Bonchev–Trinajstić information content (AvgIpc) is 2.72. The lowest BCUT2D eigenvalue weighted by atomic mass is 10.1. The van der Waals surface area contributed by atoms with E-state index in [9.17, 15) is 4.79 Å². The quantitative estimate of drug-likeness (QED) is 0.830. The zero-order chi connectivity index (χ0) is 20.5. The van der Waals surface area contributed by atoms with E-state index in [1.165, 1.54) is 6.07 Å². The Morgan fingerprint density at radius 2 is 1.79 bits per heavy atom. The molecule has 0 bridgehead atoms. The first-order valence-electron chi connectivity index (χ1n) is 9.60. The second-order valence-corrected chi connectivity index (χ2v) is 7.29. The number of nitrogens with zero attached hydrogens (tertiary/aromatic N) is 5. The Hall–Kier alpha value is -3.07. The minimum Gasteiger partial charge on any atom is -0.493 e. The Bertz CT molecular complexity index is 994. The molecule has 1 unspecified atom stereocenters. The van der Waals surface area contributed by atoms with Crippen molar-refractivity contribution in [3.05, 3.63) is 45.9 Å². The number of aliphatic imine (C=N–C) groups is 1. The minimum absolute atomic E-state index is 0.152. The van der Waals surface area contributed by atoms with Gasteiger partial charge in [-0.3, -0.25) is 14.7 Å². The fourth-order valence-corrected chi connectivity index (χ4v) is 3.65. The van der Waals surface area contributed by atoms with Crippen molar-refractivity contribution in [1.82, 2.24) is 19.4 Å². The first-order chi connectivity index (χ1) is 14.0. The van der Waals surface area contributed by atoms with E-state index in [0.717, 1.165) is 37.7 Å². The first-order valence-corrected chi connectivity index (χ1v) is 9.60. The third-order valence-corrected chi connectivity index (χ3v) is 5.30. The molecule has 9 heteroatoms. The lowest BCUT2D eigenvalue weighted by Gasteiger charge is -2.37. The number of piperazine rings is 1. The summed E-state index contributed by atoms with van der Waals surface area (Å²) in [4.78, 5) is 26.8. The summed E-state index contributed by atoms with van der Waals surface area (Å²) in [6.07, 6.45) is -0.540. The molecule has 1 fully saturated rings. The van der Waals surface area contributed by atoms with Gasteiger partial charge in [-0.05, 0) is 26.1 Å². The summed E-state index contributed by atoms with van der Waals surface area (Å²) >= 11 is 0. The molecule has 2 aliphatic rings. The van der Waals surface area contributed by atoms with E-state index >= 15 is 0 Å². The maximum atomic E-state index is 12.8. The number of aryl methyl sites for hydroxylation is 1. The van der Waals surface area contributed by atoms with Gasteiger partial charge in [-0.25, -0.2) is 9.98 Å². The van der Waals surface area contributed by atoms with E-state index in [2.05, 4.69) is 27.1 Å². The molecule has 0 aliphatic carbocycles. The van der Waals surface area contributed by atoms with Crippen molar-refractivity contribution in [2.75, 3.05) is 52.8 Å². The lowest BCUT2D eigenvalue weighted by molar-refractivity contribution is 0.213. The Kier molecular flexibility index (Phi) is 5.14. The van der Waals surface area contributed by atoms with Gasteiger partial charge in [0.25, 0.3) is 5.56 Å². The highest BCUT2D eigenvalue weighted by molar-refractivity contribution is 5.93. The fourth-order valence-electron chi connectivity index (χ4n) is 3.65. The summed E-state index contributed by atoms with van der Waals surface area (Å²) in [6.45, 7) is 5.44. The third kappa shape index (κ3) is 3.65. The van der Waals surface area contributed by atoms with Crippen LogP contribution in [0.3, 0.4) is 0 Å². The number of ether oxygens (including phenoxy) is 2. The van der Waals surface area contributed by atoms with E-state index in [1.807, 2.05) is 25.1 Å². The van der Waals surface area contributed by atoms with Crippen molar-refractivity contribution in [3.63, 3.8) is 0 Å². The van der Waals surface area contributed by atoms with E-state index in [0.29, 0.717) is 23.1 Å². The van der Waals surface area contributed by atoms with Crippen LogP contribution in [0.5, 0.6) is 11.5 Å². The van der Waals surface area contributed by atoms with Crippen LogP contribution in [0.1, 0.15) is 17.4 Å². The van der Waals surface area contributed by atoms with Crippen molar-refractivity contribution in [3.8, 4) is 11.5 Å². The number of hydrogen-bond acceptors (Lipinski definition) is 8. The number of aromatic nitrogens is 2. The summed E-state index contributed by atoms with van der Waals surface area (Å²) in [5, 5.41) is 3.27. The molecule has 3 heterocycles. The Labute approximate surface area is 169 Å². The Morgan fingerprint density at radius 3 is 2.48 bits per heavy atom. The molecule has 1 N–H and O–H groups in total. The van der Waals surface area contributed by atoms with E-state index in [4.69, 9.17) is 14.5 Å². The molecule has 0 spiro atoms. The molecule has 1 aromatic carbocycles. The number of benzene rings is 1. The van der Waals surface area contributed by atoms with Gasteiger partial charge in [-0.15, -0.1) is 0 Å². The lowest BCUT2D eigenvalue weighted by Crippen LogP contribution is -2.51. The van der Waals surface area contributed by atoms with Crippen molar-refractivity contribution in [1.29, 1.82) is 0 Å². The summed E-state index contributed by atoms with van der Waals surface area (Å²) in [5.74, 6) is 2.45. The van der Waals surface area contributed by atoms with Gasteiger partial charge in [-0.1, -0.05) is 6.07 Å². The van der Waals surface area contributed by atoms with Crippen LogP contribution in [0, 0.1) is 6.92 Å². The van der Waals surface area contributed by atoms with Gasteiger partial charge in [0.05, 0.1) is 14.2 Å². The number of nitrogens with one attached hydrogen (secondary N) is 1. The summed E-state index contributed by atoms with van der Waals surface area (Å²) in [7, 11) is 5.30. The largest absolute Gasteiger partial charge is 0.493 e. The number of likely N-dealkylation sites (N-methyl/N-ethyl adjacent to an activating group) is 1. The van der Waals surface area contributed by atoms with E-state index < -0.39 is 6.17 Å². The molecular formula is C20H26N6O3. The molecule has 9 nitrogen and oxygen atoms in total. The first kappa shape index (κ1) is 19.3. The third-order valence-electron chi connectivity index (χ3n) is 5.30. The molecule has 0 amide bonds. The zero-order valence-electron chi connectivity index (χ0n) is 17.2. The normalized spacial score (nSPS) is 19.2. The van der Waals surface area contributed by atoms with Crippen LogP contribution in [-0.4, -0.2) is 72.8 Å². The van der Waals surface area contributed by atoms with Gasteiger partial charge in [0.15, 0.2) is 17.7 Å². The maximum Gasteiger partial charge on any atom is 0.257 e. The summed E-state index contributed by atoms with van der Waals surface area (Å²) in [5.41, 5.74) is 1.34. The van der Waals surface area contributed by atoms with Gasteiger partial charge in [-0.2, -0.15) is 0 Å². The summed E-state index contributed by atoms with van der Waals surface area (Å²) in [6, 6.07) is 7.11. The van der Waals surface area contributed by atoms with Crippen LogP contribution in [0.4, 0.5) is 5.95 Å². The van der Waals surface area contributed by atoms with Crippen molar-refractivity contribution in [2.45, 2.75) is 13.1 Å². The maximum absolute atomic E-state index is 12.8. The smallest absolute Gasteiger partial charge is 0.257 e. The Morgan fingerprint density at radius 1 is 1.07 bits per heavy atom. The number of fused-ring (bicyclic) bond motifs is 1. The van der Waals surface area contributed by atoms with Crippen LogP contribution in [0.25, 0.3) is 0 Å². The second-order valence-electron chi connectivity index (χ2n) is 7.29. The van der Waals surface area contributed by atoms with Crippen LogP contribution in [0.15, 0.2) is 34.1 Å². The topological polar surface area (TPSA) is 84.2 Å². The molecular weight excluding hydrogens is 372 g/mol. The van der Waals surface area contributed by atoms with Crippen LogP contribution in [-0.2, 0) is 0 Å². The van der Waals surface area contributed by atoms with Gasteiger partial charge in [0.1, 0.15) is 0 Å². The molecule has 2 aromatic rings. The zero-order valence-corrected chi connectivity index (χ0v) is 17.2. The predicted octanol–water partition coefficient (Wildman–Crippen LogP) is 1.14. The van der Waals surface area contributed by atoms with Gasteiger partial charge >= 0.3 is 0 Å². The molecule has 1 saturated heterocycles. The summed E-state index contributed by atoms with van der Waals surface area (Å²) < 4.78 is 12.4. The molecule has 1 aromatic heterocycles. The highest BCUT2D eigenvalue weighted by Gasteiger charge is 2.29. The second kappa shape index (κ2) is 7.75. The molecule has 2 aliphatic heterocycles. The van der Waals surface area contributed by atoms with Crippen molar-refractivity contribution >= 4 is 11.9 Å². The number of guanidine groups is 1. The average molecular weight is 398 g/mol. The number of anilines is 1. The molecule has 1 atom stereocenters. The fraction of sp³-hybridized carbons (Fsp3) is 0.450. The number of rotatable bonds is 3. The Balaban J connectivity index is 1.80. The monoisotopic (exact) mass is 398 g/mol. The minimum atomic E-state index is -0.540. The molecule has 29 heavy (non-hydrogen) atoms. The van der Waals surface area contributed by atoms with Crippen LogP contribution in [0.2, 0.25) is 0 Å². The SMILES string of the molecule is COc1ccc(C2N=C(N3CCN(C)CC3)Nc3nc(C)cc(=O)n32)cc1OC. The van der Waals surface area contributed by atoms with Gasteiger partial charge in [0.2, 0.25) is 11.9 Å². The highest BCUT2D eigenvalue weighted by atomic mass is 16.5. The molecule has 154 valence electrons. The highest BCUT2D eigenvalue weighted by Crippen LogP contribution is 2.33. The van der Waals surface area contributed by atoms with Gasteiger partial charge in [0, 0.05) is 43.5 Å². The van der Waals surface area contributed by atoms with Crippen molar-refractivity contribution < 1.29 is 9.47 Å².